The van der Waals surface area contributed by atoms with E-state index in [0.29, 0.717) is 6.54 Å². The van der Waals surface area contributed by atoms with Crippen LogP contribution in [0.4, 0.5) is 5.13 Å². The van der Waals surface area contributed by atoms with Crippen LogP contribution >= 0.6 is 27.3 Å². The quantitative estimate of drug-likeness (QED) is 0.920. The number of halogens is 1. The molecule has 0 amide bonds. The summed E-state index contributed by atoms with van der Waals surface area (Å²) in [6, 6.07) is 3.80. The van der Waals surface area contributed by atoms with Gasteiger partial charge in [-0.1, -0.05) is 0 Å². The largest absolute Gasteiger partial charge is 0.452 e. The average Bonchev–Trinajstić information content (AvgIpc) is 2.71. The van der Waals surface area contributed by atoms with Crippen LogP contribution in [-0.2, 0) is 6.54 Å². The van der Waals surface area contributed by atoms with Gasteiger partial charge in [0, 0.05) is 11.6 Å². The van der Waals surface area contributed by atoms with Crippen LogP contribution in [0.15, 0.2) is 32.8 Å². The molecule has 0 fully saturated rings. The van der Waals surface area contributed by atoms with Crippen molar-refractivity contribution >= 4 is 32.4 Å². The van der Waals surface area contributed by atoms with Crippen LogP contribution in [0.3, 0.4) is 0 Å². The average molecular weight is 259 g/mol. The lowest BCUT2D eigenvalue weighted by Gasteiger charge is -1.97. The molecule has 0 atom stereocenters. The van der Waals surface area contributed by atoms with Crippen molar-refractivity contribution < 1.29 is 4.42 Å². The molecule has 0 unspecified atom stereocenters. The lowest BCUT2D eigenvalue weighted by atomic mass is 10.4. The van der Waals surface area contributed by atoms with E-state index in [1.165, 1.54) is 0 Å². The van der Waals surface area contributed by atoms with Gasteiger partial charge in [-0.15, -0.1) is 11.3 Å². The summed E-state index contributed by atoms with van der Waals surface area (Å²) in [5.74, 6) is 0.891. The fraction of sp³-hybridized carbons (Fsp3) is 0.125. The molecule has 0 aromatic carbocycles. The molecule has 2 heterocycles. The maximum Gasteiger partial charge on any atom is 0.182 e. The van der Waals surface area contributed by atoms with Crippen LogP contribution in [0.1, 0.15) is 5.76 Å². The van der Waals surface area contributed by atoms with Gasteiger partial charge in [0.05, 0.1) is 6.54 Å². The van der Waals surface area contributed by atoms with E-state index in [0.717, 1.165) is 15.6 Å². The maximum absolute atomic E-state index is 5.31. The van der Waals surface area contributed by atoms with E-state index in [4.69, 9.17) is 4.42 Å². The topological polar surface area (TPSA) is 38.1 Å². The highest BCUT2D eigenvalue weighted by molar-refractivity contribution is 9.10. The third-order valence-corrected chi connectivity index (χ3v) is 2.63. The Morgan fingerprint density at radius 1 is 1.54 bits per heavy atom. The molecule has 13 heavy (non-hydrogen) atoms. The molecule has 0 spiro atoms. The van der Waals surface area contributed by atoms with Crippen molar-refractivity contribution in [3.05, 3.63) is 34.1 Å². The molecule has 1 N–H and O–H groups in total. The van der Waals surface area contributed by atoms with Gasteiger partial charge < -0.3 is 9.73 Å². The number of aromatic nitrogens is 1. The summed E-state index contributed by atoms with van der Waals surface area (Å²) in [6.45, 7) is 0.666. The Hall–Kier alpha value is -0.810. The summed E-state index contributed by atoms with van der Waals surface area (Å²) in [5.41, 5.74) is 0. The summed E-state index contributed by atoms with van der Waals surface area (Å²) in [4.78, 5) is 4.09. The monoisotopic (exact) mass is 258 g/mol. The summed E-state index contributed by atoms with van der Waals surface area (Å²) in [6.07, 6.45) is 1.77. The van der Waals surface area contributed by atoms with Gasteiger partial charge in [0.1, 0.15) is 5.76 Å². The van der Waals surface area contributed by atoms with Crippen LogP contribution in [-0.4, -0.2) is 4.98 Å². The molecule has 3 nitrogen and oxygen atoms in total. The van der Waals surface area contributed by atoms with Crippen LogP contribution in [0, 0.1) is 0 Å². The van der Waals surface area contributed by atoms with E-state index in [-0.39, 0.29) is 0 Å². The van der Waals surface area contributed by atoms with E-state index in [1.807, 2.05) is 17.5 Å². The second-order valence-corrected chi connectivity index (χ2v) is 4.07. The number of anilines is 1. The molecule has 0 saturated carbocycles. The van der Waals surface area contributed by atoms with Crippen molar-refractivity contribution in [1.29, 1.82) is 0 Å². The predicted molar refractivity (Wildman–Crippen MR) is 55.8 cm³/mol. The smallest absolute Gasteiger partial charge is 0.182 e. The van der Waals surface area contributed by atoms with E-state index in [2.05, 4.69) is 26.2 Å². The first-order chi connectivity index (χ1) is 6.34. The Morgan fingerprint density at radius 3 is 3.08 bits per heavy atom. The van der Waals surface area contributed by atoms with Crippen LogP contribution in [0.25, 0.3) is 0 Å². The standard InChI is InChI=1S/C8H7BrN2OS/c9-7-2-1-6(12-7)5-11-8-10-3-4-13-8/h1-4H,5H2,(H,10,11). The minimum atomic E-state index is 0.666. The van der Waals surface area contributed by atoms with Gasteiger partial charge in [-0.3, -0.25) is 0 Å². The lowest BCUT2D eigenvalue weighted by molar-refractivity contribution is 0.495. The normalized spacial score (nSPS) is 10.2. The molecular formula is C8H7BrN2OS. The molecule has 0 aliphatic carbocycles. The van der Waals surface area contributed by atoms with Crippen molar-refractivity contribution in [3.63, 3.8) is 0 Å². The third kappa shape index (κ3) is 2.32. The van der Waals surface area contributed by atoms with Crippen molar-refractivity contribution in [2.45, 2.75) is 6.54 Å². The SMILES string of the molecule is Brc1ccc(CNc2nccs2)o1. The highest BCUT2D eigenvalue weighted by Crippen LogP contribution is 2.16. The van der Waals surface area contributed by atoms with E-state index >= 15 is 0 Å². The summed E-state index contributed by atoms with van der Waals surface area (Å²) < 4.78 is 6.07. The number of hydrogen-bond acceptors (Lipinski definition) is 4. The van der Waals surface area contributed by atoms with Gasteiger partial charge in [0.25, 0.3) is 0 Å². The zero-order valence-electron chi connectivity index (χ0n) is 6.66. The first-order valence-corrected chi connectivity index (χ1v) is 5.39. The highest BCUT2D eigenvalue weighted by atomic mass is 79.9. The lowest BCUT2D eigenvalue weighted by Crippen LogP contribution is -1.96. The molecule has 2 aromatic rings. The number of hydrogen-bond donors (Lipinski definition) is 1. The molecule has 2 rings (SSSR count). The molecule has 2 aromatic heterocycles. The van der Waals surface area contributed by atoms with Crippen LogP contribution in [0.5, 0.6) is 0 Å². The third-order valence-electron chi connectivity index (χ3n) is 1.48. The van der Waals surface area contributed by atoms with E-state index < -0.39 is 0 Å². The molecule has 0 bridgehead atoms. The molecule has 0 saturated heterocycles. The van der Waals surface area contributed by atoms with Gasteiger partial charge in [0.15, 0.2) is 9.80 Å². The second kappa shape index (κ2) is 3.93. The fourth-order valence-electron chi connectivity index (χ4n) is 0.920. The Labute approximate surface area is 87.9 Å². The maximum atomic E-state index is 5.31. The summed E-state index contributed by atoms with van der Waals surface area (Å²) in [7, 11) is 0. The first kappa shape index (κ1) is 8.77. The van der Waals surface area contributed by atoms with Crippen LogP contribution in [0.2, 0.25) is 0 Å². The van der Waals surface area contributed by atoms with Gasteiger partial charge in [-0.25, -0.2) is 4.98 Å². The Kier molecular flexibility index (Phi) is 2.65. The number of rotatable bonds is 3. The zero-order valence-corrected chi connectivity index (χ0v) is 9.06. The number of thiazole rings is 1. The molecule has 68 valence electrons. The minimum absolute atomic E-state index is 0.666. The van der Waals surface area contributed by atoms with Gasteiger partial charge >= 0.3 is 0 Å². The zero-order chi connectivity index (χ0) is 9.10. The Balaban J connectivity index is 1.93. The van der Waals surface area contributed by atoms with Crippen LogP contribution < -0.4 is 5.32 Å². The van der Waals surface area contributed by atoms with Gasteiger partial charge in [-0.05, 0) is 28.1 Å². The van der Waals surface area contributed by atoms with Gasteiger partial charge in [0.2, 0.25) is 0 Å². The molecule has 0 radical (unpaired) electrons. The molecule has 5 heteroatoms. The van der Waals surface area contributed by atoms with E-state index in [1.54, 1.807) is 17.5 Å². The summed E-state index contributed by atoms with van der Waals surface area (Å²) in [5, 5.41) is 5.99. The molecular weight excluding hydrogens is 252 g/mol. The number of nitrogens with zero attached hydrogens (tertiary/aromatic N) is 1. The van der Waals surface area contributed by atoms with Crippen molar-refractivity contribution in [1.82, 2.24) is 4.98 Å². The molecule has 0 aliphatic rings. The second-order valence-electron chi connectivity index (χ2n) is 2.40. The molecule has 0 aliphatic heterocycles. The number of furan rings is 1. The van der Waals surface area contributed by atoms with Crippen molar-refractivity contribution in [3.8, 4) is 0 Å². The fourth-order valence-corrected chi connectivity index (χ4v) is 1.79. The predicted octanol–water partition coefficient (Wildman–Crippen LogP) is 3.11. The van der Waals surface area contributed by atoms with E-state index in [9.17, 15) is 0 Å². The highest BCUT2D eigenvalue weighted by Gasteiger charge is 1.99. The first-order valence-electron chi connectivity index (χ1n) is 3.72. The Bertz CT molecular complexity index is 371. The van der Waals surface area contributed by atoms with Crippen molar-refractivity contribution in [2.75, 3.05) is 5.32 Å². The minimum Gasteiger partial charge on any atom is -0.452 e. The summed E-state index contributed by atoms with van der Waals surface area (Å²) >= 11 is 4.82. The Morgan fingerprint density at radius 2 is 2.46 bits per heavy atom. The van der Waals surface area contributed by atoms with Gasteiger partial charge in [-0.2, -0.15) is 0 Å². The van der Waals surface area contributed by atoms with Crippen molar-refractivity contribution in [2.24, 2.45) is 0 Å². The number of nitrogens with one attached hydrogen (secondary N) is 1.